The van der Waals surface area contributed by atoms with Crippen molar-refractivity contribution < 1.29 is 9.72 Å². The Labute approximate surface area is 128 Å². The van der Waals surface area contributed by atoms with Gasteiger partial charge in [0.15, 0.2) is 0 Å². The fraction of sp³-hybridized carbons (Fsp3) is 0.250. The van der Waals surface area contributed by atoms with E-state index in [9.17, 15) is 14.9 Å². The van der Waals surface area contributed by atoms with E-state index in [0.717, 1.165) is 15.8 Å². The second kappa shape index (κ2) is 6.00. The monoisotopic (exact) mass is 353 g/mol. The minimum atomic E-state index is -0.718. The number of aryl methyl sites for hydroxylation is 1. The minimum absolute atomic E-state index is 0.130. The van der Waals surface area contributed by atoms with Crippen LogP contribution in [0.5, 0.6) is 0 Å². The fourth-order valence-electron chi connectivity index (χ4n) is 1.70. The number of rotatable bonds is 4. The number of hydrogen-bond donors (Lipinski definition) is 1. The molecular weight excluding hydrogens is 342 g/mol. The van der Waals surface area contributed by atoms with Gasteiger partial charge in [0.1, 0.15) is 6.54 Å². The lowest BCUT2D eigenvalue weighted by molar-refractivity contribution is -0.394. The highest BCUT2D eigenvalue weighted by Gasteiger charge is 2.21. The van der Waals surface area contributed by atoms with Crippen molar-refractivity contribution in [3.63, 3.8) is 0 Å². The van der Waals surface area contributed by atoms with Crippen LogP contribution in [0.2, 0.25) is 0 Å². The van der Waals surface area contributed by atoms with E-state index in [0.29, 0.717) is 5.69 Å². The van der Waals surface area contributed by atoms with E-state index in [1.165, 1.54) is 0 Å². The van der Waals surface area contributed by atoms with E-state index in [1.54, 1.807) is 6.07 Å². The van der Waals surface area contributed by atoms with Crippen molar-refractivity contribution in [1.82, 2.24) is 14.8 Å². The van der Waals surface area contributed by atoms with Crippen LogP contribution in [0.25, 0.3) is 0 Å². The Balaban J connectivity index is 2.12. The number of halogens is 1. The molecule has 0 saturated carbocycles. The molecule has 9 heteroatoms. The predicted octanol–water partition coefficient (Wildman–Crippen LogP) is 2.20. The summed E-state index contributed by atoms with van der Waals surface area (Å²) in [6.07, 6.45) is 0. The summed E-state index contributed by atoms with van der Waals surface area (Å²) in [6, 6.07) is 5.58. The van der Waals surface area contributed by atoms with Gasteiger partial charge in [0.05, 0.1) is 0 Å². The van der Waals surface area contributed by atoms with Gasteiger partial charge in [-0.15, -0.1) is 0 Å². The van der Waals surface area contributed by atoms with Crippen LogP contribution >= 0.6 is 15.9 Å². The van der Waals surface area contributed by atoms with Gasteiger partial charge in [-0.2, -0.15) is 4.68 Å². The molecule has 0 radical (unpaired) electrons. The Hall–Kier alpha value is -2.29. The van der Waals surface area contributed by atoms with Crippen molar-refractivity contribution in [2.75, 3.05) is 5.32 Å². The lowest BCUT2D eigenvalue weighted by Gasteiger charge is -2.09. The lowest BCUT2D eigenvalue weighted by Crippen LogP contribution is -2.20. The molecule has 1 aromatic carbocycles. The zero-order valence-corrected chi connectivity index (χ0v) is 12.9. The van der Waals surface area contributed by atoms with Gasteiger partial charge in [-0.25, -0.2) is 0 Å². The Morgan fingerprint density at radius 1 is 1.48 bits per heavy atom. The van der Waals surface area contributed by atoms with Crippen LogP contribution in [-0.4, -0.2) is 25.6 Å². The van der Waals surface area contributed by atoms with E-state index >= 15 is 0 Å². The number of aromatic nitrogens is 3. The van der Waals surface area contributed by atoms with Gasteiger partial charge >= 0.3 is 5.95 Å². The highest BCUT2D eigenvalue weighted by molar-refractivity contribution is 9.10. The molecular formula is C12H12BrN5O3. The molecule has 0 bridgehead atoms. The van der Waals surface area contributed by atoms with E-state index in [1.807, 2.05) is 26.0 Å². The third-order valence-corrected chi connectivity index (χ3v) is 3.54. The first-order chi connectivity index (χ1) is 9.88. The van der Waals surface area contributed by atoms with Crippen LogP contribution in [0.3, 0.4) is 0 Å². The molecule has 1 amide bonds. The van der Waals surface area contributed by atoms with Crippen molar-refractivity contribution in [3.05, 3.63) is 44.2 Å². The summed E-state index contributed by atoms with van der Waals surface area (Å²) in [5.74, 6) is -0.898. The molecule has 21 heavy (non-hydrogen) atoms. The normalized spacial score (nSPS) is 10.4. The average molecular weight is 354 g/mol. The molecule has 110 valence electrons. The molecule has 0 spiro atoms. The number of amides is 1. The maximum absolute atomic E-state index is 12.0. The summed E-state index contributed by atoms with van der Waals surface area (Å²) in [4.78, 5) is 25.4. The van der Waals surface area contributed by atoms with Gasteiger partial charge in [0.2, 0.25) is 5.91 Å². The first-order valence-electron chi connectivity index (χ1n) is 5.99. The summed E-state index contributed by atoms with van der Waals surface area (Å²) >= 11 is 3.03. The van der Waals surface area contributed by atoms with Crippen molar-refractivity contribution in [2.45, 2.75) is 20.4 Å². The van der Waals surface area contributed by atoms with Gasteiger partial charge in [0, 0.05) is 26.7 Å². The SMILES string of the molecule is Cc1cccc(NC(=O)Cn2nc([N+](=O)[O-])nc2Br)c1C. The minimum Gasteiger partial charge on any atom is -0.390 e. The lowest BCUT2D eigenvalue weighted by atomic mass is 10.1. The molecule has 0 aliphatic carbocycles. The van der Waals surface area contributed by atoms with Crippen molar-refractivity contribution >= 4 is 33.5 Å². The van der Waals surface area contributed by atoms with Gasteiger partial charge in [0.25, 0.3) is 4.73 Å². The number of nitrogens with zero attached hydrogens (tertiary/aromatic N) is 4. The van der Waals surface area contributed by atoms with Gasteiger partial charge in [-0.3, -0.25) is 4.79 Å². The molecule has 2 rings (SSSR count). The molecule has 2 aromatic rings. The largest absolute Gasteiger partial charge is 0.492 e. The zero-order valence-electron chi connectivity index (χ0n) is 11.3. The smallest absolute Gasteiger partial charge is 0.390 e. The number of hydrogen-bond acceptors (Lipinski definition) is 5. The molecule has 0 aliphatic heterocycles. The van der Waals surface area contributed by atoms with E-state index in [4.69, 9.17) is 0 Å². The molecule has 0 atom stereocenters. The van der Waals surface area contributed by atoms with E-state index in [2.05, 4.69) is 31.3 Å². The van der Waals surface area contributed by atoms with Gasteiger partial charge in [-0.1, -0.05) is 12.1 Å². The summed E-state index contributed by atoms with van der Waals surface area (Å²) in [7, 11) is 0. The Morgan fingerprint density at radius 3 is 2.81 bits per heavy atom. The molecule has 8 nitrogen and oxygen atoms in total. The Kier molecular flexibility index (Phi) is 4.32. The highest BCUT2D eigenvalue weighted by Crippen LogP contribution is 2.18. The van der Waals surface area contributed by atoms with Crippen molar-refractivity contribution in [3.8, 4) is 0 Å². The van der Waals surface area contributed by atoms with Crippen LogP contribution in [0, 0.1) is 24.0 Å². The van der Waals surface area contributed by atoms with Crippen molar-refractivity contribution in [1.29, 1.82) is 0 Å². The Morgan fingerprint density at radius 2 is 2.19 bits per heavy atom. The average Bonchev–Trinajstić information content (AvgIpc) is 2.77. The van der Waals surface area contributed by atoms with Gasteiger partial charge in [-0.05, 0) is 40.9 Å². The van der Waals surface area contributed by atoms with Crippen LogP contribution in [0.15, 0.2) is 22.9 Å². The molecule has 0 saturated heterocycles. The standard InChI is InChI=1S/C12H12BrN5O3/c1-7-4-3-5-9(8(7)2)14-10(19)6-17-11(13)15-12(16-17)18(20)21/h3-5H,6H2,1-2H3,(H,14,19). The molecule has 0 unspecified atom stereocenters. The third kappa shape index (κ3) is 3.43. The highest BCUT2D eigenvalue weighted by atomic mass is 79.9. The molecule has 1 heterocycles. The molecule has 0 aliphatic rings. The molecule has 0 fully saturated rings. The number of anilines is 1. The van der Waals surface area contributed by atoms with Crippen LogP contribution in [0.1, 0.15) is 11.1 Å². The van der Waals surface area contributed by atoms with Crippen LogP contribution in [0.4, 0.5) is 11.6 Å². The predicted molar refractivity (Wildman–Crippen MR) is 78.9 cm³/mol. The number of carbonyl (C=O) groups excluding carboxylic acids is 1. The summed E-state index contributed by atoms with van der Waals surface area (Å²) in [5.41, 5.74) is 2.73. The number of benzene rings is 1. The fourth-order valence-corrected chi connectivity index (χ4v) is 2.07. The summed E-state index contributed by atoms with van der Waals surface area (Å²) < 4.78 is 1.25. The van der Waals surface area contributed by atoms with Crippen molar-refractivity contribution in [2.24, 2.45) is 0 Å². The second-order valence-electron chi connectivity index (χ2n) is 4.39. The topological polar surface area (TPSA) is 103 Å². The first-order valence-corrected chi connectivity index (χ1v) is 6.78. The quantitative estimate of drug-likeness (QED) is 0.670. The van der Waals surface area contributed by atoms with Crippen LogP contribution in [-0.2, 0) is 11.3 Å². The summed E-state index contributed by atoms with van der Waals surface area (Å²) in [6.45, 7) is 3.68. The number of carbonyl (C=O) groups is 1. The molecule has 1 aromatic heterocycles. The first kappa shape index (κ1) is 15.1. The zero-order chi connectivity index (χ0) is 15.6. The number of nitro groups is 1. The van der Waals surface area contributed by atoms with E-state index < -0.39 is 10.9 Å². The maximum atomic E-state index is 12.0. The molecule has 1 N–H and O–H groups in total. The second-order valence-corrected chi connectivity index (χ2v) is 5.10. The van der Waals surface area contributed by atoms with Gasteiger partial charge < -0.3 is 15.4 Å². The number of nitrogens with one attached hydrogen (secondary N) is 1. The maximum Gasteiger partial charge on any atom is 0.492 e. The Bertz CT molecular complexity index is 713. The van der Waals surface area contributed by atoms with Crippen LogP contribution < -0.4 is 5.32 Å². The third-order valence-electron chi connectivity index (χ3n) is 2.95. The summed E-state index contributed by atoms with van der Waals surface area (Å²) in [5, 5.41) is 16.9. The van der Waals surface area contributed by atoms with E-state index in [-0.39, 0.29) is 17.2 Å².